The summed E-state index contributed by atoms with van der Waals surface area (Å²) >= 11 is 0. The third-order valence-corrected chi connectivity index (χ3v) is 2.59. The Balaban J connectivity index is 2.95. The highest BCUT2D eigenvalue weighted by Gasteiger charge is 2.23. The largest absolute Gasteiger partial charge is 0.396 e. The van der Waals surface area contributed by atoms with Crippen LogP contribution in [0.3, 0.4) is 0 Å². The number of nitro benzene ring substituents is 1. The van der Waals surface area contributed by atoms with Crippen molar-refractivity contribution in [1.82, 2.24) is 5.32 Å². The van der Waals surface area contributed by atoms with Crippen molar-refractivity contribution in [3.63, 3.8) is 0 Å². The van der Waals surface area contributed by atoms with E-state index in [4.69, 9.17) is 5.11 Å². The Morgan fingerprint density at radius 3 is 2.68 bits per heavy atom. The predicted molar refractivity (Wildman–Crippen MR) is 66.3 cm³/mol. The zero-order valence-corrected chi connectivity index (χ0v) is 10.6. The van der Waals surface area contributed by atoms with Crippen molar-refractivity contribution < 1.29 is 19.2 Å². The number of halogens is 1. The fourth-order valence-electron chi connectivity index (χ4n) is 1.52. The van der Waals surface area contributed by atoms with Gasteiger partial charge in [-0.05, 0) is 32.4 Å². The van der Waals surface area contributed by atoms with Crippen molar-refractivity contribution in [2.24, 2.45) is 0 Å². The molecule has 1 aromatic carbocycles. The van der Waals surface area contributed by atoms with Crippen LogP contribution in [0.2, 0.25) is 0 Å². The molecule has 1 amide bonds. The van der Waals surface area contributed by atoms with Gasteiger partial charge in [0.1, 0.15) is 0 Å². The van der Waals surface area contributed by atoms with Gasteiger partial charge in [0.05, 0.1) is 4.92 Å². The number of nitrogens with zero attached hydrogens (tertiary/aromatic N) is 1. The molecule has 1 rings (SSSR count). The summed E-state index contributed by atoms with van der Waals surface area (Å²) < 4.78 is 13.1. The average molecular weight is 270 g/mol. The minimum atomic E-state index is -0.990. The van der Waals surface area contributed by atoms with Crippen LogP contribution in [0.15, 0.2) is 18.2 Å². The second-order valence-electron chi connectivity index (χ2n) is 4.73. The third kappa shape index (κ3) is 3.99. The van der Waals surface area contributed by atoms with Crippen LogP contribution in [0.4, 0.5) is 10.1 Å². The van der Waals surface area contributed by atoms with Crippen LogP contribution in [-0.2, 0) is 0 Å². The van der Waals surface area contributed by atoms with E-state index in [1.54, 1.807) is 13.8 Å². The van der Waals surface area contributed by atoms with E-state index in [9.17, 15) is 19.3 Å². The first-order chi connectivity index (χ1) is 8.76. The molecule has 0 saturated heterocycles. The van der Waals surface area contributed by atoms with Crippen LogP contribution in [0.25, 0.3) is 0 Å². The minimum absolute atomic E-state index is 0.000820. The average Bonchev–Trinajstić information content (AvgIpc) is 2.28. The Labute approximate surface area is 109 Å². The Kier molecular flexibility index (Phi) is 4.55. The van der Waals surface area contributed by atoms with Crippen molar-refractivity contribution in [3.8, 4) is 0 Å². The first-order valence-corrected chi connectivity index (χ1v) is 5.64. The van der Waals surface area contributed by atoms with Crippen molar-refractivity contribution in [3.05, 3.63) is 39.7 Å². The van der Waals surface area contributed by atoms with Gasteiger partial charge in [-0.3, -0.25) is 14.9 Å². The molecule has 0 fully saturated rings. The van der Waals surface area contributed by atoms with Crippen LogP contribution in [0.1, 0.15) is 30.6 Å². The molecule has 0 saturated carbocycles. The summed E-state index contributed by atoms with van der Waals surface area (Å²) in [4.78, 5) is 21.6. The molecule has 0 aliphatic heterocycles. The van der Waals surface area contributed by atoms with Crippen molar-refractivity contribution in [2.75, 3.05) is 6.61 Å². The van der Waals surface area contributed by atoms with Gasteiger partial charge in [-0.1, -0.05) is 0 Å². The van der Waals surface area contributed by atoms with Gasteiger partial charge in [-0.2, -0.15) is 4.39 Å². The van der Waals surface area contributed by atoms with Crippen molar-refractivity contribution in [2.45, 2.75) is 25.8 Å². The minimum Gasteiger partial charge on any atom is -0.396 e. The number of nitro groups is 1. The monoisotopic (exact) mass is 270 g/mol. The van der Waals surface area contributed by atoms with Gasteiger partial charge in [-0.25, -0.2) is 0 Å². The number of benzene rings is 1. The van der Waals surface area contributed by atoms with Crippen molar-refractivity contribution >= 4 is 11.6 Å². The number of carbonyl (C=O) groups is 1. The molecule has 0 spiro atoms. The topological polar surface area (TPSA) is 92.5 Å². The smallest absolute Gasteiger partial charge is 0.305 e. The summed E-state index contributed by atoms with van der Waals surface area (Å²) in [6.45, 7) is 3.31. The van der Waals surface area contributed by atoms with E-state index in [0.717, 1.165) is 12.1 Å². The molecule has 0 atom stereocenters. The highest BCUT2D eigenvalue weighted by molar-refractivity contribution is 5.95. The Morgan fingerprint density at radius 1 is 1.53 bits per heavy atom. The Morgan fingerprint density at radius 2 is 2.16 bits per heavy atom. The van der Waals surface area contributed by atoms with Gasteiger partial charge in [0, 0.05) is 23.8 Å². The number of aliphatic hydroxyl groups excluding tert-OH is 1. The summed E-state index contributed by atoms with van der Waals surface area (Å²) in [5, 5.41) is 22.0. The molecule has 0 heterocycles. The maximum atomic E-state index is 13.1. The van der Waals surface area contributed by atoms with E-state index in [1.165, 1.54) is 6.07 Å². The number of aliphatic hydroxyl groups is 1. The number of hydrogen-bond acceptors (Lipinski definition) is 4. The SMILES string of the molecule is CC(C)(CCO)NC(=O)c1ccc(F)c([N+](=O)[O-])c1. The molecular weight excluding hydrogens is 255 g/mol. The lowest BCUT2D eigenvalue weighted by molar-refractivity contribution is -0.387. The van der Waals surface area contributed by atoms with E-state index in [2.05, 4.69) is 5.32 Å². The van der Waals surface area contributed by atoms with Crippen LogP contribution in [0, 0.1) is 15.9 Å². The molecule has 0 radical (unpaired) electrons. The molecule has 0 aromatic heterocycles. The lowest BCUT2D eigenvalue weighted by Crippen LogP contribution is -2.44. The summed E-state index contributed by atoms with van der Waals surface area (Å²) in [6.07, 6.45) is 0.335. The quantitative estimate of drug-likeness (QED) is 0.628. The highest BCUT2D eigenvalue weighted by Crippen LogP contribution is 2.19. The van der Waals surface area contributed by atoms with E-state index in [0.29, 0.717) is 6.42 Å². The van der Waals surface area contributed by atoms with E-state index >= 15 is 0 Å². The number of rotatable bonds is 5. The highest BCUT2D eigenvalue weighted by atomic mass is 19.1. The summed E-state index contributed by atoms with van der Waals surface area (Å²) in [5.41, 5.74) is -1.40. The normalized spacial score (nSPS) is 11.2. The first-order valence-electron chi connectivity index (χ1n) is 5.64. The van der Waals surface area contributed by atoms with Crippen LogP contribution >= 0.6 is 0 Å². The maximum Gasteiger partial charge on any atom is 0.305 e. The molecule has 0 unspecified atom stereocenters. The molecular formula is C12H15FN2O4. The van der Waals surface area contributed by atoms with Gasteiger partial charge in [-0.15, -0.1) is 0 Å². The van der Waals surface area contributed by atoms with Crippen LogP contribution in [0.5, 0.6) is 0 Å². The fraction of sp³-hybridized carbons (Fsp3) is 0.417. The van der Waals surface area contributed by atoms with Gasteiger partial charge in [0.2, 0.25) is 5.82 Å². The second kappa shape index (κ2) is 5.75. The van der Waals surface area contributed by atoms with Crippen LogP contribution < -0.4 is 5.32 Å². The third-order valence-electron chi connectivity index (χ3n) is 2.59. The van der Waals surface area contributed by atoms with Crippen LogP contribution in [-0.4, -0.2) is 28.1 Å². The molecule has 0 bridgehead atoms. The molecule has 6 nitrogen and oxygen atoms in total. The predicted octanol–water partition coefficient (Wildman–Crippen LogP) is 1.62. The lowest BCUT2D eigenvalue weighted by atomic mass is 10.0. The van der Waals surface area contributed by atoms with Gasteiger partial charge >= 0.3 is 5.69 Å². The lowest BCUT2D eigenvalue weighted by Gasteiger charge is -2.25. The van der Waals surface area contributed by atoms with E-state index in [-0.39, 0.29) is 12.2 Å². The van der Waals surface area contributed by atoms with Gasteiger partial charge in [0.25, 0.3) is 5.91 Å². The summed E-state index contributed by atoms with van der Waals surface area (Å²) in [7, 11) is 0. The van der Waals surface area contributed by atoms with E-state index in [1.807, 2.05) is 0 Å². The summed E-state index contributed by atoms with van der Waals surface area (Å²) in [6, 6.07) is 2.94. The molecule has 7 heteroatoms. The molecule has 0 aliphatic rings. The molecule has 2 N–H and O–H groups in total. The zero-order valence-electron chi connectivity index (χ0n) is 10.6. The standard InChI is InChI=1S/C12H15FN2O4/c1-12(2,5-6-16)14-11(17)8-3-4-9(13)10(7-8)15(18)19/h3-4,7,16H,5-6H2,1-2H3,(H,14,17). The number of nitrogens with one attached hydrogen (secondary N) is 1. The fourth-order valence-corrected chi connectivity index (χ4v) is 1.52. The second-order valence-corrected chi connectivity index (χ2v) is 4.73. The van der Waals surface area contributed by atoms with E-state index < -0.39 is 27.9 Å². The molecule has 19 heavy (non-hydrogen) atoms. The number of amides is 1. The zero-order chi connectivity index (χ0) is 14.6. The Bertz CT molecular complexity index is 503. The molecule has 1 aromatic rings. The van der Waals surface area contributed by atoms with Gasteiger partial charge in [0.15, 0.2) is 0 Å². The first kappa shape index (κ1) is 15.0. The number of carbonyl (C=O) groups excluding carboxylic acids is 1. The molecule has 0 aliphatic carbocycles. The Hall–Kier alpha value is -2.02. The van der Waals surface area contributed by atoms with Crippen molar-refractivity contribution in [1.29, 1.82) is 0 Å². The summed E-state index contributed by atoms with van der Waals surface area (Å²) in [5.74, 6) is -1.54. The van der Waals surface area contributed by atoms with Gasteiger partial charge < -0.3 is 10.4 Å². The maximum absolute atomic E-state index is 13.1. The molecule has 104 valence electrons. The number of hydrogen-bond donors (Lipinski definition) is 2.